The Morgan fingerprint density at radius 1 is 1.11 bits per heavy atom. The van der Waals surface area contributed by atoms with Gasteiger partial charge in [-0.15, -0.1) is 10.2 Å². The van der Waals surface area contributed by atoms with Gasteiger partial charge >= 0.3 is 0 Å². The number of aryl methyl sites for hydroxylation is 1. The summed E-state index contributed by atoms with van der Waals surface area (Å²) >= 11 is 0. The number of aliphatic hydroxyl groups is 3. The van der Waals surface area contributed by atoms with Crippen molar-refractivity contribution in [1.82, 2.24) is 30.0 Å². The Morgan fingerprint density at radius 3 is 2.49 bits per heavy atom. The Hall–Kier alpha value is -2.84. The molecule has 0 spiro atoms. The van der Waals surface area contributed by atoms with Gasteiger partial charge in [0.25, 0.3) is 0 Å². The van der Waals surface area contributed by atoms with Crippen molar-refractivity contribution < 1.29 is 33.6 Å². The molecule has 3 aromatic rings. The fraction of sp³-hybridized carbons (Fsp3) is 0.545. The Balaban J connectivity index is 1.66. The second-order valence-electron chi connectivity index (χ2n) is 9.10. The lowest BCUT2D eigenvalue weighted by atomic mass is 9.92. The van der Waals surface area contributed by atoms with Crippen molar-refractivity contribution >= 4 is 0 Å². The zero-order valence-electron chi connectivity index (χ0n) is 19.7. The predicted octanol–water partition coefficient (Wildman–Crippen LogP) is 0.728. The molecular formula is C22H28F2N6O5. The molecule has 190 valence electrons. The summed E-state index contributed by atoms with van der Waals surface area (Å²) in [5, 5.41) is 46.9. The molecule has 3 N–H and O–H groups in total. The van der Waals surface area contributed by atoms with Crippen LogP contribution in [0.1, 0.15) is 31.1 Å². The number of methoxy groups -OCH3 is 1. The topological polar surface area (TPSA) is 141 Å². The van der Waals surface area contributed by atoms with E-state index in [1.54, 1.807) is 20.0 Å². The molecule has 11 nitrogen and oxygen atoms in total. The molecule has 4 rings (SSSR count). The lowest BCUT2D eigenvalue weighted by Gasteiger charge is -2.43. The third-order valence-corrected chi connectivity index (χ3v) is 6.14. The van der Waals surface area contributed by atoms with Gasteiger partial charge in [-0.2, -0.15) is 0 Å². The van der Waals surface area contributed by atoms with Crippen LogP contribution in [0, 0.1) is 18.6 Å². The van der Waals surface area contributed by atoms with E-state index in [1.807, 2.05) is 0 Å². The van der Waals surface area contributed by atoms with Crippen LogP contribution in [0.5, 0.6) is 0 Å². The monoisotopic (exact) mass is 494 g/mol. The van der Waals surface area contributed by atoms with Crippen molar-refractivity contribution in [3.05, 3.63) is 47.4 Å². The van der Waals surface area contributed by atoms with Crippen LogP contribution >= 0.6 is 0 Å². The fourth-order valence-corrected chi connectivity index (χ4v) is 4.15. The summed E-state index contributed by atoms with van der Waals surface area (Å²) in [7, 11) is 1.43. The second-order valence-corrected chi connectivity index (χ2v) is 9.10. The van der Waals surface area contributed by atoms with E-state index in [1.165, 1.54) is 41.7 Å². The van der Waals surface area contributed by atoms with Crippen LogP contribution in [0.4, 0.5) is 8.78 Å². The first kappa shape index (κ1) is 25.3. The van der Waals surface area contributed by atoms with Gasteiger partial charge in [-0.1, -0.05) is 16.5 Å². The molecule has 5 atom stereocenters. The van der Waals surface area contributed by atoms with Crippen LogP contribution in [-0.2, 0) is 21.6 Å². The standard InChI is InChI=1S/C22H28F2N6O5/c1-11-5-6-12(18(24)17(11)23)13-7-30(28-25-13)19-20(32)15(10-31)35-14(21(19)34-4)8-29-9-16(26-27-29)22(2,3)33/h5-7,9,14-15,19-21,31-33H,8,10H2,1-4H3/t14-,15-,19+,20+,21+/m1/s1. The first-order valence-electron chi connectivity index (χ1n) is 11.0. The van der Waals surface area contributed by atoms with Crippen LogP contribution in [-0.4, -0.2) is 83.4 Å². The first-order chi connectivity index (χ1) is 16.5. The third kappa shape index (κ3) is 4.82. The van der Waals surface area contributed by atoms with Gasteiger partial charge in [0.2, 0.25) is 0 Å². The van der Waals surface area contributed by atoms with Crippen LogP contribution < -0.4 is 0 Å². The molecule has 0 amide bonds. The van der Waals surface area contributed by atoms with E-state index in [0.717, 1.165) is 0 Å². The highest BCUT2D eigenvalue weighted by atomic mass is 19.2. The number of aromatic nitrogens is 6. The average Bonchev–Trinajstić information content (AvgIpc) is 3.48. The fourth-order valence-electron chi connectivity index (χ4n) is 4.15. The molecule has 0 unspecified atom stereocenters. The summed E-state index contributed by atoms with van der Waals surface area (Å²) in [5.74, 6) is -2.02. The maximum atomic E-state index is 14.5. The number of halogens is 2. The van der Waals surface area contributed by atoms with E-state index in [2.05, 4.69) is 20.6 Å². The number of nitrogens with zero attached hydrogens (tertiary/aromatic N) is 6. The third-order valence-electron chi connectivity index (χ3n) is 6.14. The highest BCUT2D eigenvalue weighted by Gasteiger charge is 2.47. The summed E-state index contributed by atoms with van der Waals surface area (Å²) in [6, 6.07) is 1.96. The van der Waals surface area contributed by atoms with Gasteiger partial charge in [-0.25, -0.2) is 18.1 Å². The number of aliphatic hydroxyl groups excluding tert-OH is 2. The first-order valence-corrected chi connectivity index (χ1v) is 11.0. The number of benzene rings is 1. The molecule has 1 aromatic carbocycles. The van der Waals surface area contributed by atoms with E-state index in [-0.39, 0.29) is 23.4 Å². The van der Waals surface area contributed by atoms with Gasteiger partial charge in [0.15, 0.2) is 11.6 Å². The highest BCUT2D eigenvalue weighted by Crippen LogP contribution is 2.34. The number of hydrogen-bond acceptors (Lipinski definition) is 9. The Labute approximate surface area is 199 Å². The lowest BCUT2D eigenvalue weighted by molar-refractivity contribution is -0.216. The molecule has 13 heteroatoms. The maximum absolute atomic E-state index is 14.5. The molecule has 3 heterocycles. The lowest BCUT2D eigenvalue weighted by Crippen LogP contribution is -2.57. The minimum Gasteiger partial charge on any atom is -0.394 e. The minimum absolute atomic E-state index is 0.0677. The molecule has 1 aliphatic heterocycles. The molecule has 0 aliphatic carbocycles. The van der Waals surface area contributed by atoms with E-state index >= 15 is 0 Å². The van der Waals surface area contributed by atoms with Crippen molar-refractivity contribution in [2.75, 3.05) is 13.7 Å². The normalized spacial score (nSPS) is 25.2. The summed E-state index contributed by atoms with van der Waals surface area (Å²) < 4.78 is 42.9. The Morgan fingerprint density at radius 2 is 1.86 bits per heavy atom. The van der Waals surface area contributed by atoms with Crippen molar-refractivity contribution in [3.63, 3.8) is 0 Å². The molecule has 0 saturated carbocycles. The molecule has 35 heavy (non-hydrogen) atoms. The minimum atomic E-state index is -1.25. The number of hydrogen-bond donors (Lipinski definition) is 3. The maximum Gasteiger partial charge on any atom is 0.168 e. The van der Waals surface area contributed by atoms with Crippen LogP contribution in [0.25, 0.3) is 11.3 Å². The van der Waals surface area contributed by atoms with Crippen LogP contribution in [0.15, 0.2) is 24.5 Å². The molecule has 1 fully saturated rings. The Bertz CT molecular complexity index is 1180. The second kappa shape index (κ2) is 9.66. The van der Waals surface area contributed by atoms with E-state index in [9.17, 15) is 24.1 Å². The van der Waals surface area contributed by atoms with E-state index in [4.69, 9.17) is 9.47 Å². The van der Waals surface area contributed by atoms with Gasteiger partial charge in [0.05, 0.1) is 25.5 Å². The highest BCUT2D eigenvalue weighted by molar-refractivity contribution is 5.59. The molecule has 1 aliphatic rings. The summed E-state index contributed by atoms with van der Waals surface area (Å²) in [6.45, 7) is 4.25. The average molecular weight is 494 g/mol. The van der Waals surface area contributed by atoms with E-state index in [0.29, 0.717) is 5.69 Å². The Kier molecular flexibility index (Phi) is 6.97. The number of ether oxygens (including phenoxy) is 2. The zero-order chi connectivity index (χ0) is 25.5. The summed E-state index contributed by atoms with van der Waals surface area (Å²) in [6.07, 6.45) is -0.814. The largest absolute Gasteiger partial charge is 0.394 e. The SMILES string of the molecule is CO[C@@H]1[C@@H](n2cc(-c3ccc(C)c(F)c3F)nn2)[C@@H](O)[C@@H](CO)O[C@@H]1Cn1cc(C(C)(C)O)nn1. The van der Waals surface area contributed by atoms with Gasteiger partial charge in [0.1, 0.15) is 47.4 Å². The van der Waals surface area contributed by atoms with Gasteiger partial charge in [0, 0.05) is 12.7 Å². The smallest absolute Gasteiger partial charge is 0.168 e. The molecule has 1 saturated heterocycles. The number of rotatable bonds is 7. The van der Waals surface area contributed by atoms with Gasteiger partial charge < -0.3 is 24.8 Å². The molecule has 2 aromatic heterocycles. The summed E-state index contributed by atoms with van der Waals surface area (Å²) in [5.41, 5.74) is -0.691. The van der Waals surface area contributed by atoms with Crippen LogP contribution in [0.2, 0.25) is 0 Å². The van der Waals surface area contributed by atoms with Crippen molar-refractivity contribution in [2.45, 2.75) is 63.4 Å². The molecule has 0 radical (unpaired) electrons. The van der Waals surface area contributed by atoms with Gasteiger partial charge in [-0.3, -0.25) is 0 Å². The summed E-state index contributed by atoms with van der Waals surface area (Å²) in [4.78, 5) is 0. The van der Waals surface area contributed by atoms with E-state index < -0.39 is 54.3 Å². The zero-order valence-corrected chi connectivity index (χ0v) is 19.7. The van der Waals surface area contributed by atoms with Gasteiger partial charge in [-0.05, 0) is 32.4 Å². The van der Waals surface area contributed by atoms with Crippen LogP contribution in [0.3, 0.4) is 0 Å². The molecule has 0 bridgehead atoms. The van der Waals surface area contributed by atoms with Crippen molar-refractivity contribution in [1.29, 1.82) is 0 Å². The van der Waals surface area contributed by atoms with Crippen molar-refractivity contribution in [3.8, 4) is 11.3 Å². The molecular weight excluding hydrogens is 466 g/mol. The predicted molar refractivity (Wildman–Crippen MR) is 117 cm³/mol. The quantitative estimate of drug-likeness (QED) is 0.433. The van der Waals surface area contributed by atoms with Crippen molar-refractivity contribution in [2.24, 2.45) is 0 Å².